The minimum Gasteiger partial charge on any atom is -0.457 e. The lowest BCUT2D eigenvalue weighted by Gasteiger charge is -2.09. The largest absolute Gasteiger partial charge is 0.457 e. The van der Waals surface area contributed by atoms with Crippen molar-refractivity contribution in [1.29, 1.82) is 0 Å². The Labute approximate surface area is 104 Å². The van der Waals surface area contributed by atoms with Gasteiger partial charge in [-0.15, -0.1) is 0 Å². The molecule has 0 N–H and O–H groups in total. The molecule has 2 heteroatoms. The summed E-state index contributed by atoms with van der Waals surface area (Å²) in [5.74, 6) is 1.79. The third-order valence-electron chi connectivity index (χ3n) is 2.33. The molecule has 0 atom stereocenters. The number of benzene rings is 2. The fourth-order valence-corrected chi connectivity index (χ4v) is 1.98. The van der Waals surface area contributed by atoms with Gasteiger partial charge in [0, 0.05) is 10.9 Å². The molecule has 0 saturated heterocycles. The molecule has 1 nitrogen and oxygen atoms in total. The van der Waals surface area contributed by atoms with E-state index in [2.05, 4.69) is 35.0 Å². The van der Waals surface area contributed by atoms with Gasteiger partial charge in [0.1, 0.15) is 11.5 Å². The van der Waals surface area contributed by atoms with Crippen LogP contribution in [0.2, 0.25) is 0 Å². The van der Waals surface area contributed by atoms with Gasteiger partial charge in [-0.2, -0.15) is 0 Å². The Kier molecular flexibility index (Phi) is 3.62. The summed E-state index contributed by atoms with van der Waals surface area (Å²) in [4.78, 5) is 0. The second-order valence-electron chi connectivity index (χ2n) is 3.66. The maximum Gasteiger partial charge on any atom is 0.131 e. The second-order valence-corrected chi connectivity index (χ2v) is 4.22. The van der Waals surface area contributed by atoms with Crippen molar-refractivity contribution in [1.82, 2.24) is 0 Å². The van der Waals surface area contributed by atoms with Gasteiger partial charge in [-0.25, -0.2) is 0 Å². The lowest BCUT2D eigenvalue weighted by atomic mass is 10.2. The summed E-state index contributed by atoms with van der Waals surface area (Å²) < 4.78 is 5.85. The van der Waals surface area contributed by atoms with E-state index < -0.39 is 0 Å². The molecule has 82 valence electrons. The molecule has 0 aliphatic heterocycles. The predicted octanol–water partition coefficient (Wildman–Crippen LogP) is 4.68. The Morgan fingerprint density at radius 3 is 2.62 bits per heavy atom. The molecule has 0 radical (unpaired) electrons. The molecule has 0 heterocycles. The van der Waals surface area contributed by atoms with Gasteiger partial charge in [0.2, 0.25) is 0 Å². The van der Waals surface area contributed by atoms with Crippen molar-refractivity contribution in [3.05, 3.63) is 59.7 Å². The highest BCUT2D eigenvalue weighted by molar-refractivity contribution is 9.08. The smallest absolute Gasteiger partial charge is 0.131 e. The molecule has 0 saturated carbocycles. The molecule has 0 fully saturated rings. The molecule has 0 bridgehead atoms. The van der Waals surface area contributed by atoms with Crippen LogP contribution in [0.3, 0.4) is 0 Å². The van der Waals surface area contributed by atoms with Crippen molar-refractivity contribution in [2.24, 2.45) is 0 Å². The molecular weight excluding hydrogens is 264 g/mol. The lowest BCUT2D eigenvalue weighted by molar-refractivity contribution is 0.478. The maximum absolute atomic E-state index is 5.85. The Morgan fingerprint density at radius 1 is 1.06 bits per heavy atom. The number of hydrogen-bond donors (Lipinski definition) is 0. The zero-order valence-electron chi connectivity index (χ0n) is 9.11. The van der Waals surface area contributed by atoms with Gasteiger partial charge in [0.25, 0.3) is 0 Å². The number of aryl methyl sites for hydroxylation is 1. The summed E-state index contributed by atoms with van der Waals surface area (Å²) in [5, 5.41) is 0.801. The summed E-state index contributed by atoms with van der Waals surface area (Å²) in [6.45, 7) is 2.06. The van der Waals surface area contributed by atoms with Crippen molar-refractivity contribution in [2.45, 2.75) is 12.3 Å². The molecular formula is C14H13BrO. The summed E-state index contributed by atoms with van der Waals surface area (Å²) in [7, 11) is 0. The SMILES string of the molecule is Cc1cccc(Oc2ccccc2CBr)c1. The van der Waals surface area contributed by atoms with Crippen LogP contribution in [-0.4, -0.2) is 0 Å². The molecule has 0 unspecified atom stereocenters. The average Bonchev–Trinajstić information content (AvgIpc) is 2.30. The number of rotatable bonds is 3. The Balaban J connectivity index is 2.26. The van der Waals surface area contributed by atoms with E-state index in [0.717, 1.165) is 22.4 Å². The highest BCUT2D eigenvalue weighted by Gasteiger charge is 2.02. The molecule has 0 aliphatic carbocycles. The summed E-state index contributed by atoms with van der Waals surface area (Å²) in [5.41, 5.74) is 2.36. The first-order chi connectivity index (χ1) is 7.79. The molecule has 0 spiro atoms. The summed E-state index contributed by atoms with van der Waals surface area (Å²) in [6.07, 6.45) is 0. The number of alkyl halides is 1. The van der Waals surface area contributed by atoms with E-state index in [1.54, 1.807) is 0 Å². The summed E-state index contributed by atoms with van der Waals surface area (Å²) in [6, 6.07) is 16.1. The molecule has 2 aromatic rings. The first-order valence-corrected chi connectivity index (χ1v) is 6.30. The lowest BCUT2D eigenvalue weighted by Crippen LogP contribution is -1.89. The topological polar surface area (TPSA) is 9.23 Å². The monoisotopic (exact) mass is 276 g/mol. The van der Waals surface area contributed by atoms with Gasteiger partial charge in [-0.3, -0.25) is 0 Å². The van der Waals surface area contributed by atoms with E-state index in [1.165, 1.54) is 5.56 Å². The number of ether oxygens (including phenoxy) is 1. The quantitative estimate of drug-likeness (QED) is 0.740. The van der Waals surface area contributed by atoms with Gasteiger partial charge >= 0.3 is 0 Å². The molecule has 2 rings (SSSR count). The van der Waals surface area contributed by atoms with Gasteiger partial charge in [-0.1, -0.05) is 46.3 Å². The van der Waals surface area contributed by atoms with Crippen LogP contribution in [0, 0.1) is 6.92 Å². The highest BCUT2D eigenvalue weighted by Crippen LogP contribution is 2.26. The highest BCUT2D eigenvalue weighted by atomic mass is 79.9. The van der Waals surface area contributed by atoms with Crippen molar-refractivity contribution in [3.8, 4) is 11.5 Å². The maximum atomic E-state index is 5.85. The van der Waals surface area contributed by atoms with Gasteiger partial charge in [0.05, 0.1) is 0 Å². The minimum atomic E-state index is 0.801. The normalized spacial score (nSPS) is 10.1. The van der Waals surface area contributed by atoms with Crippen molar-refractivity contribution < 1.29 is 4.74 Å². The fraction of sp³-hybridized carbons (Fsp3) is 0.143. The molecule has 16 heavy (non-hydrogen) atoms. The van der Waals surface area contributed by atoms with Crippen LogP contribution in [0.4, 0.5) is 0 Å². The minimum absolute atomic E-state index is 0.801. The van der Waals surface area contributed by atoms with E-state index in [4.69, 9.17) is 4.74 Å². The molecule has 0 aliphatic rings. The molecule has 0 amide bonds. The van der Waals surface area contributed by atoms with Crippen LogP contribution in [0.5, 0.6) is 11.5 Å². The van der Waals surface area contributed by atoms with Crippen molar-refractivity contribution >= 4 is 15.9 Å². The van der Waals surface area contributed by atoms with E-state index in [0.29, 0.717) is 0 Å². The zero-order chi connectivity index (χ0) is 11.4. The summed E-state index contributed by atoms with van der Waals surface area (Å²) >= 11 is 3.46. The third kappa shape index (κ3) is 2.64. The second kappa shape index (κ2) is 5.17. The number of hydrogen-bond acceptors (Lipinski definition) is 1. The van der Waals surface area contributed by atoms with E-state index in [9.17, 15) is 0 Å². The van der Waals surface area contributed by atoms with Crippen LogP contribution in [0.15, 0.2) is 48.5 Å². The number of para-hydroxylation sites is 1. The molecule has 0 aromatic heterocycles. The van der Waals surface area contributed by atoms with Gasteiger partial charge < -0.3 is 4.74 Å². The Bertz CT molecular complexity index is 480. The first-order valence-electron chi connectivity index (χ1n) is 5.18. The molecule has 2 aromatic carbocycles. The predicted molar refractivity (Wildman–Crippen MR) is 70.3 cm³/mol. The van der Waals surface area contributed by atoms with Gasteiger partial charge in [-0.05, 0) is 30.7 Å². The third-order valence-corrected chi connectivity index (χ3v) is 2.94. The van der Waals surface area contributed by atoms with Crippen molar-refractivity contribution in [2.75, 3.05) is 0 Å². The van der Waals surface area contributed by atoms with E-state index >= 15 is 0 Å². The first kappa shape index (κ1) is 11.2. The van der Waals surface area contributed by atoms with Crippen LogP contribution in [0.1, 0.15) is 11.1 Å². The van der Waals surface area contributed by atoms with E-state index in [-0.39, 0.29) is 0 Å². The average molecular weight is 277 g/mol. The fourth-order valence-electron chi connectivity index (χ4n) is 1.52. The zero-order valence-corrected chi connectivity index (χ0v) is 10.7. The van der Waals surface area contributed by atoms with Crippen LogP contribution < -0.4 is 4.74 Å². The van der Waals surface area contributed by atoms with Crippen LogP contribution in [-0.2, 0) is 5.33 Å². The van der Waals surface area contributed by atoms with Crippen LogP contribution in [0.25, 0.3) is 0 Å². The number of halogens is 1. The Morgan fingerprint density at radius 2 is 1.88 bits per heavy atom. The van der Waals surface area contributed by atoms with Crippen LogP contribution >= 0.6 is 15.9 Å². The standard InChI is InChI=1S/C14H13BrO/c1-11-5-4-7-13(9-11)16-14-8-3-2-6-12(14)10-15/h2-9H,10H2,1H3. The Hall–Kier alpha value is -1.28. The van der Waals surface area contributed by atoms with Gasteiger partial charge in [0.15, 0.2) is 0 Å². The van der Waals surface area contributed by atoms with Crippen molar-refractivity contribution in [3.63, 3.8) is 0 Å². The van der Waals surface area contributed by atoms with E-state index in [1.807, 2.05) is 36.4 Å².